The molecule has 0 aromatic carbocycles. The number of rotatable bonds is 5. The van der Waals surface area contributed by atoms with E-state index in [1.165, 1.54) is 0 Å². The zero-order valence-corrected chi connectivity index (χ0v) is 7.86. The van der Waals surface area contributed by atoms with E-state index < -0.39 is 0 Å². The van der Waals surface area contributed by atoms with Gasteiger partial charge >= 0.3 is 0 Å². The normalized spacial score (nSPS) is 13.2. The fourth-order valence-corrected chi connectivity index (χ4v) is 1.09. The maximum Gasteiger partial charge on any atom is 0.233 e. The number of aromatic nitrogens is 2. The van der Waals surface area contributed by atoms with E-state index in [0.717, 1.165) is 19.3 Å². The third kappa shape index (κ3) is 3.12. The molecule has 5 nitrogen and oxygen atoms in total. The van der Waals surface area contributed by atoms with E-state index in [4.69, 9.17) is 15.9 Å². The first-order chi connectivity index (χ1) is 6.24. The summed E-state index contributed by atoms with van der Waals surface area (Å²) in [7, 11) is 0. The molecule has 5 heteroatoms. The van der Waals surface area contributed by atoms with Gasteiger partial charge in [-0.1, -0.05) is 6.42 Å². The van der Waals surface area contributed by atoms with Crippen molar-refractivity contribution in [3.05, 3.63) is 11.8 Å². The Kier molecular flexibility index (Phi) is 3.85. The van der Waals surface area contributed by atoms with Gasteiger partial charge in [-0.3, -0.25) is 0 Å². The molecule has 0 aliphatic carbocycles. The zero-order chi connectivity index (χ0) is 9.68. The van der Waals surface area contributed by atoms with Crippen LogP contribution in [0.3, 0.4) is 0 Å². The molecule has 1 heterocycles. The van der Waals surface area contributed by atoms with Crippen molar-refractivity contribution in [2.75, 3.05) is 6.54 Å². The largest absolute Gasteiger partial charge is 0.424 e. The van der Waals surface area contributed by atoms with Gasteiger partial charge in [0, 0.05) is 6.92 Å². The Morgan fingerprint density at radius 1 is 1.38 bits per heavy atom. The van der Waals surface area contributed by atoms with Crippen LogP contribution in [-0.2, 0) is 0 Å². The van der Waals surface area contributed by atoms with Crippen molar-refractivity contribution in [1.82, 2.24) is 10.2 Å². The lowest BCUT2D eigenvalue weighted by Gasteiger charge is -2.04. The van der Waals surface area contributed by atoms with Crippen LogP contribution >= 0.6 is 0 Å². The number of unbranched alkanes of at least 4 members (excludes halogenated alkanes) is 1. The van der Waals surface area contributed by atoms with Crippen LogP contribution in [0, 0.1) is 6.92 Å². The van der Waals surface area contributed by atoms with E-state index in [1.54, 1.807) is 6.92 Å². The summed E-state index contributed by atoms with van der Waals surface area (Å²) in [4.78, 5) is 0. The smallest absolute Gasteiger partial charge is 0.233 e. The molecule has 0 spiro atoms. The van der Waals surface area contributed by atoms with Crippen LogP contribution < -0.4 is 11.5 Å². The van der Waals surface area contributed by atoms with Crippen LogP contribution in [0.1, 0.15) is 37.1 Å². The summed E-state index contributed by atoms with van der Waals surface area (Å²) in [5.74, 6) is 1.08. The number of hydrogen-bond donors (Lipinski definition) is 2. The van der Waals surface area contributed by atoms with E-state index >= 15 is 0 Å². The Morgan fingerprint density at radius 2 is 2.15 bits per heavy atom. The fourth-order valence-electron chi connectivity index (χ4n) is 1.09. The molecular formula is C8H16N4O. The second-order valence-corrected chi connectivity index (χ2v) is 3.05. The maximum atomic E-state index is 5.81. The van der Waals surface area contributed by atoms with Gasteiger partial charge in [-0.2, -0.15) is 0 Å². The van der Waals surface area contributed by atoms with Crippen LogP contribution in [0.4, 0.5) is 0 Å². The molecular weight excluding hydrogens is 168 g/mol. The van der Waals surface area contributed by atoms with E-state index in [-0.39, 0.29) is 6.04 Å². The molecule has 1 rings (SSSR count). The molecule has 1 aromatic heterocycles. The molecule has 0 radical (unpaired) electrons. The number of nitrogens with two attached hydrogens (primary N) is 2. The number of hydrogen-bond acceptors (Lipinski definition) is 5. The highest BCUT2D eigenvalue weighted by Gasteiger charge is 2.11. The van der Waals surface area contributed by atoms with Crippen LogP contribution in [-0.4, -0.2) is 16.7 Å². The number of nitrogens with zero attached hydrogens (tertiary/aromatic N) is 2. The first-order valence-corrected chi connectivity index (χ1v) is 4.49. The summed E-state index contributed by atoms with van der Waals surface area (Å²) >= 11 is 0. The van der Waals surface area contributed by atoms with Crippen molar-refractivity contribution < 1.29 is 4.42 Å². The molecule has 74 valence electrons. The second kappa shape index (κ2) is 4.94. The minimum atomic E-state index is -0.146. The predicted molar refractivity (Wildman–Crippen MR) is 48.9 cm³/mol. The minimum Gasteiger partial charge on any atom is -0.424 e. The van der Waals surface area contributed by atoms with Gasteiger partial charge in [-0.05, 0) is 19.4 Å². The summed E-state index contributed by atoms with van der Waals surface area (Å²) in [6.07, 6.45) is 2.83. The van der Waals surface area contributed by atoms with Gasteiger partial charge in [-0.25, -0.2) is 0 Å². The van der Waals surface area contributed by atoms with Crippen molar-refractivity contribution in [3.63, 3.8) is 0 Å². The summed E-state index contributed by atoms with van der Waals surface area (Å²) in [5.41, 5.74) is 11.2. The van der Waals surface area contributed by atoms with Crippen LogP contribution in [0.5, 0.6) is 0 Å². The standard InChI is InChI=1S/C8H16N4O/c1-6-11-12-8(13-6)7(10)4-2-3-5-9/h7H,2-5,9-10H2,1H3/t7-/m0/s1. The van der Waals surface area contributed by atoms with Gasteiger partial charge in [0.25, 0.3) is 0 Å². The highest BCUT2D eigenvalue weighted by Crippen LogP contribution is 2.14. The Balaban J connectivity index is 2.35. The predicted octanol–water partition coefficient (Wildman–Crippen LogP) is 0.507. The average Bonchev–Trinajstić information content (AvgIpc) is 2.52. The van der Waals surface area contributed by atoms with Crippen molar-refractivity contribution >= 4 is 0 Å². The van der Waals surface area contributed by atoms with Crippen LogP contribution in [0.15, 0.2) is 4.42 Å². The van der Waals surface area contributed by atoms with E-state index in [0.29, 0.717) is 18.3 Å². The Morgan fingerprint density at radius 3 is 2.69 bits per heavy atom. The molecule has 0 unspecified atom stereocenters. The number of aryl methyl sites for hydroxylation is 1. The van der Waals surface area contributed by atoms with Gasteiger partial charge in [-0.15, -0.1) is 10.2 Å². The molecule has 0 fully saturated rings. The maximum absolute atomic E-state index is 5.81. The fraction of sp³-hybridized carbons (Fsp3) is 0.750. The molecule has 0 bridgehead atoms. The third-order valence-corrected chi connectivity index (χ3v) is 1.83. The topological polar surface area (TPSA) is 91.0 Å². The average molecular weight is 184 g/mol. The zero-order valence-electron chi connectivity index (χ0n) is 7.86. The van der Waals surface area contributed by atoms with Gasteiger partial charge in [0.05, 0.1) is 6.04 Å². The monoisotopic (exact) mass is 184 g/mol. The summed E-state index contributed by atoms with van der Waals surface area (Å²) < 4.78 is 5.20. The molecule has 0 saturated carbocycles. The van der Waals surface area contributed by atoms with Crippen LogP contribution in [0.2, 0.25) is 0 Å². The Labute approximate surface area is 77.5 Å². The first kappa shape index (κ1) is 10.1. The lowest BCUT2D eigenvalue weighted by Crippen LogP contribution is -2.11. The van der Waals surface area contributed by atoms with E-state index in [9.17, 15) is 0 Å². The Hall–Kier alpha value is -0.940. The van der Waals surface area contributed by atoms with Crippen molar-refractivity contribution in [2.45, 2.75) is 32.2 Å². The lowest BCUT2D eigenvalue weighted by atomic mass is 10.1. The van der Waals surface area contributed by atoms with Gasteiger partial charge in [0.15, 0.2) is 0 Å². The Bertz CT molecular complexity index is 248. The molecule has 4 N–H and O–H groups in total. The molecule has 0 aliphatic heterocycles. The summed E-state index contributed by atoms with van der Waals surface area (Å²) in [6, 6.07) is -0.146. The SMILES string of the molecule is Cc1nnc([C@@H](N)CCCCN)o1. The van der Waals surface area contributed by atoms with Crippen molar-refractivity contribution in [3.8, 4) is 0 Å². The summed E-state index contributed by atoms with van der Waals surface area (Å²) in [5, 5.41) is 7.57. The summed E-state index contributed by atoms with van der Waals surface area (Å²) in [6.45, 7) is 2.46. The van der Waals surface area contributed by atoms with Crippen LogP contribution in [0.25, 0.3) is 0 Å². The third-order valence-electron chi connectivity index (χ3n) is 1.83. The van der Waals surface area contributed by atoms with Gasteiger partial charge in [0.2, 0.25) is 11.8 Å². The first-order valence-electron chi connectivity index (χ1n) is 4.49. The highest BCUT2D eigenvalue weighted by atomic mass is 16.4. The lowest BCUT2D eigenvalue weighted by molar-refractivity contribution is 0.412. The minimum absolute atomic E-state index is 0.146. The highest BCUT2D eigenvalue weighted by molar-refractivity contribution is 4.86. The molecule has 0 saturated heterocycles. The second-order valence-electron chi connectivity index (χ2n) is 3.05. The van der Waals surface area contributed by atoms with E-state index in [1.807, 2.05) is 0 Å². The molecule has 0 amide bonds. The van der Waals surface area contributed by atoms with Crippen molar-refractivity contribution in [1.29, 1.82) is 0 Å². The quantitative estimate of drug-likeness (QED) is 0.650. The molecule has 1 atom stereocenters. The molecule has 13 heavy (non-hydrogen) atoms. The van der Waals surface area contributed by atoms with Gasteiger partial charge < -0.3 is 15.9 Å². The van der Waals surface area contributed by atoms with Crippen molar-refractivity contribution in [2.24, 2.45) is 11.5 Å². The molecule has 1 aromatic rings. The van der Waals surface area contributed by atoms with Gasteiger partial charge in [0.1, 0.15) is 0 Å². The van der Waals surface area contributed by atoms with E-state index in [2.05, 4.69) is 10.2 Å². The molecule has 0 aliphatic rings.